The minimum atomic E-state index is -0.298. The second kappa shape index (κ2) is 9.69. The number of thioether (sulfide) groups is 1. The van der Waals surface area contributed by atoms with Gasteiger partial charge < -0.3 is 4.90 Å². The summed E-state index contributed by atoms with van der Waals surface area (Å²) in [6, 6.07) is 12.1. The molecule has 148 valence electrons. The number of benzene rings is 2. The number of hydrogen-bond donors (Lipinski definition) is 0. The molecule has 1 aromatic heterocycles. The lowest BCUT2D eigenvalue weighted by Gasteiger charge is -2.22. The molecule has 0 spiro atoms. The molecule has 0 aliphatic heterocycles. The molecule has 0 aliphatic carbocycles. The van der Waals surface area contributed by atoms with Crippen molar-refractivity contribution in [3.8, 4) is 0 Å². The van der Waals surface area contributed by atoms with Crippen molar-refractivity contribution in [2.75, 3.05) is 37.8 Å². The fourth-order valence-electron chi connectivity index (χ4n) is 2.55. The Morgan fingerprint density at radius 3 is 2.64 bits per heavy atom. The number of aromatic nitrogens is 1. The van der Waals surface area contributed by atoms with Crippen molar-refractivity contribution < 1.29 is 9.18 Å². The van der Waals surface area contributed by atoms with E-state index in [9.17, 15) is 9.18 Å². The molecule has 28 heavy (non-hydrogen) atoms. The second-order valence-electron chi connectivity index (χ2n) is 6.51. The van der Waals surface area contributed by atoms with Gasteiger partial charge in [-0.15, -0.1) is 11.8 Å². The first-order valence-corrected chi connectivity index (χ1v) is 11.0. The van der Waals surface area contributed by atoms with Crippen molar-refractivity contribution in [2.45, 2.75) is 11.3 Å². The quantitative estimate of drug-likeness (QED) is 0.456. The van der Waals surface area contributed by atoms with Crippen molar-refractivity contribution in [3.63, 3.8) is 0 Å². The van der Waals surface area contributed by atoms with Gasteiger partial charge in [-0.05, 0) is 56.6 Å². The Labute approximate surface area is 177 Å². The standard InChI is InChI=1S/C20H21ClFN3OS2/c1-24(2)10-11-25(20-23-17-8-5-15(22)13-18(17)28-20)19(26)9-12-27-16-6-3-14(21)4-7-16/h3-8,13H,9-12H2,1-2H3. The summed E-state index contributed by atoms with van der Waals surface area (Å²) in [5.74, 6) is 0.384. The van der Waals surface area contributed by atoms with Gasteiger partial charge in [-0.25, -0.2) is 9.37 Å². The number of amides is 1. The highest BCUT2D eigenvalue weighted by atomic mass is 35.5. The Bertz CT molecular complexity index is 946. The van der Waals surface area contributed by atoms with Crippen LogP contribution in [0.25, 0.3) is 10.2 Å². The second-order valence-corrected chi connectivity index (χ2v) is 9.12. The molecule has 0 saturated heterocycles. The maximum Gasteiger partial charge on any atom is 0.229 e. The van der Waals surface area contributed by atoms with Gasteiger partial charge in [0.15, 0.2) is 5.13 Å². The van der Waals surface area contributed by atoms with Gasteiger partial charge in [-0.2, -0.15) is 0 Å². The first-order valence-electron chi connectivity index (χ1n) is 8.82. The van der Waals surface area contributed by atoms with Crippen LogP contribution in [0.4, 0.5) is 9.52 Å². The molecule has 0 atom stereocenters. The van der Waals surface area contributed by atoms with Crippen LogP contribution in [-0.2, 0) is 4.79 Å². The Hall–Kier alpha value is -1.67. The van der Waals surface area contributed by atoms with Crippen molar-refractivity contribution in [2.24, 2.45) is 0 Å². The summed E-state index contributed by atoms with van der Waals surface area (Å²) in [5.41, 5.74) is 0.708. The van der Waals surface area contributed by atoms with Crippen molar-refractivity contribution in [1.82, 2.24) is 9.88 Å². The zero-order valence-corrected chi connectivity index (χ0v) is 18.1. The fourth-order valence-corrected chi connectivity index (χ4v) is 4.55. The van der Waals surface area contributed by atoms with Crippen molar-refractivity contribution in [1.29, 1.82) is 0 Å². The molecule has 0 bridgehead atoms. The third-order valence-corrected chi connectivity index (χ3v) is 6.35. The number of likely N-dealkylation sites (N-methyl/N-ethyl adjacent to an activating group) is 1. The molecule has 0 unspecified atom stereocenters. The van der Waals surface area contributed by atoms with Gasteiger partial charge in [0, 0.05) is 35.2 Å². The number of nitrogens with zero attached hydrogens (tertiary/aromatic N) is 3. The minimum absolute atomic E-state index is 0.0165. The van der Waals surface area contributed by atoms with Crippen LogP contribution in [0, 0.1) is 5.82 Å². The van der Waals surface area contributed by atoms with Crippen LogP contribution in [0.5, 0.6) is 0 Å². The third-order valence-electron chi connectivity index (χ3n) is 4.04. The molecular weight excluding hydrogens is 417 g/mol. The molecule has 0 radical (unpaired) electrons. The Morgan fingerprint density at radius 2 is 1.93 bits per heavy atom. The molecule has 0 N–H and O–H groups in total. The summed E-state index contributed by atoms with van der Waals surface area (Å²) in [6.07, 6.45) is 0.394. The van der Waals surface area contributed by atoms with Gasteiger partial charge in [0.05, 0.1) is 10.2 Å². The van der Waals surface area contributed by atoms with E-state index in [1.807, 2.05) is 43.3 Å². The van der Waals surface area contributed by atoms with E-state index in [1.165, 1.54) is 23.5 Å². The highest BCUT2D eigenvalue weighted by molar-refractivity contribution is 7.99. The molecule has 0 aliphatic rings. The topological polar surface area (TPSA) is 36.4 Å². The number of fused-ring (bicyclic) bond motifs is 1. The number of hydrogen-bond acceptors (Lipinski definition) is 5. The van der Waals surface area contributed by atoms with Crippen LogP contribution in [-0.4, -0.2) is 48.7 Å². The van der Waals surface area contributed by atoms with Crippen LogP contribution < -0.4 is 4.90 Å². The monoisotopic (exact) mass is 437 g/mol. The summed E-state index contributed by atoms with van der Waals surface area (Å²) < 4.78 is 14.2. The SMILES string of the molecule is CN(C)CCN(C(=O)CCSc1ccc(Cl)cc1)c1nc2ccc(F)cc2s1. The highest BCUT2D eigenvalue weighted by Gasteiger charge is 2.20. The molecule has 2 aromatic carbocycles. The number of anilines is 1. The predicted molar refractivity (Wildman–Crippen MR) is 117 cm³/mol. The summed E-state index contributed by atoms with van der Waals surface area (Å²) in [5, 5.41) is 1.31. The van der Waals surface area contributed by atoms with E-state index >= 15 is 0 Å². The minimum Gasteiger partial charge on any atom is -0.308 e. The maximum absolute atomic E-state index is 13.5. The van der Waals surface area contributed by atoms with Crippen LogP contribution in [0.1, 0.15) is 6.42 Å². The van der Waals surface area contributed by atoms with Gasteiger partial charge >= 0.3 is 0 Å². The van der Waals surface area contributed by atoms with Gasteiger partial charge in [0.25, 0.3) is 0 Å². The number of carbonyl (C=O) groups excluding carboxylic acids is 1. The Balaban J connectivity index is 1.70. The molecule has 1 heterocycles. The van der Waals surface area contributed by atoms with Crippen LogP contribution in [0.15, 0.2) is 47.4 Å². The molecule has 0 fully saturated rings. The van der Waals surface area contributed by atoms with Crippen LogP contribution in [0.3, 0.4) is 0 Å². The first-order chi connectivity index (χ1) is 13.4. The van der Waals surface area contributed by atoms with E-state index in [0.717, 1.165) is 16.1 Å². The lowest BCUT2D eigenvalue weighted by Crippen LogP contribution is -2.36. The first kappa shape index (κ1) is 21.0. The molecule has 8 heteroatoms. The van der Waals surface area contributed by atoms with E-state index < -0.39 is 0 Å². The third kappa shape index (κ3) is 5.67. The van der Waals surface area contributed by atoms with Gasteiger partial charge in [-0.1, -0.05) is 22.9 Å². The molecule has 4 nitrogen and oxygen atoms in total. The van der Waals surface area contributed by atoms with Crippen molar-refractivity contribution >= 4 is 56.0 Å². The van der Waals surface area contributed by atoms with Gasteiger partial charge in [0.1, 0.15) is 5.82 Å². The molecular formula is C20H21ClFN3OS2. The molecule has 0 saturated carbocycles. The number of halogens is 2. The van der Waals surface area contributed by atoms with E-state index in [-0.39, 0.29) is 11.7 Å². The average Bonchev–Trinajstić information content (AvgIpc) is 3.06. The summed E-state index contributed by atoms with van der Waals surface area (Å²) >= 11 is 8.87. The van der Waals surface area contributed by atoms with E-state index in [4.69, 9.17) is 11.6 Å². The summed E-state index contributed by atoms with van der Waals surface area (Å²) in [6.45, 7) is 1.26. The summed E-state index contributed by atoms with van der Waals surface area (Å²) in [4.78, 5) is 22.3. The average molecular weight is 438 g/mol. The molecule has 1 amide bonds. The predicted octanol–water partition coefficient (Wildman–Crippen LogP) is 5.17. The van der Waals surface area contributed by atoms with Crippen LogP contribution >= 0.6 is 34.7 Å². The fraction of sp³-hybridized carbons (Fsp3) is 0.300. The van der Waals surface area contributed by atoms with Gasteiger partial charge in [-0.3, -0.25) is 9.69 Å². The van der Waals surface area contributed by atoms with Crippen molar-refractivity contribution in [3.05, 3.63) is 53.3 Å². The number of thiazole rings is 1. The molecule has 3 rings (SSSR count). The normalized spacial score (nSPS) is 11.3. The smallest absolute Gasteiger partial charge is 0.229 e. The van der Waals surface area contributed by atoms with E-state index in [1.54, 1.807) is 22.7 Å². The zero-order chi connectivity index (χ0) is 20.1. The van der Waals surface area contributed by atoms with Gasteiger partial charge in [0.2, 0.25) is 5.91 Å². The Morgan fingerprint density at radius 1 is 1.18 bits per heavy atom. The maximum atomic E-state index is 13.5. The van der Waals surface area contributed by atoms with Crippen LogP contribution in [0.2, 0.25) is 5.02 Å². The highest BCUT2D eigenvalue weighted by Crippen LogP contribution is 2.30. The van der Waals surface area contributed by atoms with E-state index in [0.29, 0.717) is 34.4 Å². The molecule has 3 aromatic rings. The largest absolute Gasteiger partial charge is 0.308 e. The Kier molecular flexibility index (Phi) is 7.29. The lowest BCUT2D eigenvalue weighted by molar-refractivity contribution is -0.118. The van der Waals surface area contributed by atoms with E-state index in [2.05, 4.69) is 4.98 Å². The summed E-state index contributed by atoms with van der Waals surface area (Å²) in [7, 11) is 3.93. The number of carbonyl (C=O) groups is 1. The zero-order valence-electron chi connectivity index (χ0n) is 15.7. The lowest BCUT2D eigenvalue weighted by atomic mass is 10.3. The number of rotatable bonds is 8.